The van der Waals surface area contributed by atoms with Gasteiger partial charge in [-0.2, -0.15) is 0 Å². The highest BCUT2D eigenvalue weighted by molar-refractivity contribution is 7.92. The second kappa shape index (κ2) is 15.4. The Morgan fingerprint density at radius 1 is 0.841 bits per heavy atom. The fourth-order valence-electron chi connectivity index (χ4n) is 4.67. The maximum Gasteiger partial charge on any atom is 0.244 e. The zero-order valence-corrected chi connectivity index (χ0v) is 26.3. The minimum atomic E-state index is -3.89. The summed E-state index contributed by atoms with van der Waals surface area (Å²) in [6.45, 7) is 1.93. The number of hydrogen-bond donors (Lipinski definition) is 1. The third kappa shape index (κ3) is 9.33. The Balaban J connectivity index is 1.67. The van der Waals surface area contributed by atoms with E-state index in [1.54, 1.807) is 42.5 Å². The largest absolute Gasteiger partial charge is 0.457 e. The lowest BCUT2D eigenvalue weighted by Gasteiger charge is -2.33. The van der Waals surface area contributed by atoms with Crippen molar-refractivity contribution in [3.8, 4) is 11.5 Å². The smallest absolute Gasteiger partial charge is 0.244 e. The maximum atomic E-state index is 14.2. The molecule has 0 aliphatic heterocycles. The molecule has 0 saturated carbocycles. The first-order chi connectivity index (χ1) is 21.1. The van der Waals surface area contributed by atoms with Crippen molar-refractivity contribution in [3.63, 3.8) is 0 Å². The van der Waals surface area contributed by atoms with E-state index in [9.17, 15) is 18.0 Å². The molecule has 0 aromatic heterocycles. The Morgan fingerprint density at radius 3 is 2.07 bits per heavy atom. The summed E-state index contributed by atoms with van der Waals surface area (Å²) in [7, 11) is -3.89. The van der Waals surface area contributed by atoms with E-state index in [2.05, 4.69) is 5.32 Å². The predicted molar refractivity (Wildman–Crippen MR) is 174 cm³/mol. The molecule has 0 radical (unpaired) electrons. The molecule has 0 unspecified atom stereocenters. The second-order valence-electron chi connectivity index (χ2n) is 10.3. The normalized spacial score (nSPS) is 11.8. The van der Waals surface area contributed by atoms with Gasteiger partial charge >= 0.3 is 0 Å². The van der Waals surface area contributed by atoms with Crippen molar-refractivity contribution in [2.24, 2.45) is 0 Å². The number of carbonyl (C=O) groups excluding carboxylic acids is 2. The molecule has 0 aliphatic rings. The molecule has 0 heterocycles. The molecule has 4 rings (SSSR count). The average Bonchev–Trinajstić information content (AvgIpc) is 3.01. The van der Waals surface area contributed by atoms with Crippen LogP contribution in [0.4, 0.5) is 5.69 Å². The molecule has 0 fully saturated rings. The highest BCUT2D eigenvalue weighted by atomic mass is 35.5. The number of sulfonamides is 1. The number of nitrogens with one attached hydrogen (secondary N) is 1. The van der Waals surface area contributed by atoms with Crippen LogP contribution in [-0.4, -0.2) is 50.5 Å². The van der Waals surface area contributed by atoms with E-state index in [0.717, 1.165) is 22.5 Å². The predicted octanol–water partition coefficient (Wildman–Crippen LogP) is 6.06. The van der Waals surface area contributed by atoms with E-state index in [1.165, 1.54) is 4.90 Å². The van der Waals surface area contributed by atoms with Gasteiger partial charge in [-0.3, -0.25) is 13.9 Å². The van der Waals surface area contributed by atoms with E-state index in [4.69, 9.17) is 16.3 Å². The van der Waals surface area contributed by atoms with Crippen molar-refractivity contribution >= 4 is 39.1 Å². The number of nitrogens with zero attached hydrogens (tertiary/aromatic N) is 2. The Morgan fingerprint density at radius 2 is 1.45 bits per heavy atom. The SMILES string of the molecule is CCCNC(=O)[C@@H](Cc1ccccc1)N(Cc1cccc(Cl)c1)C(=O)CN(c1ccc(Oc2ccccc2)cc1)S(C)(=O)=O. The van der Waals surface area contributed by atoms with Gasteiger partial charge in [0.05, 0.1) is 11.9 Å². The number of rotatable bonds is 14. The Bertz CT molecular complexity index is 1630. The highest BCUT2D eigenvalue weighted by Crippen LogP contribution is 2.26. The molecule has 0 spiro atoms. The van der Waals surface area contributed by atoms with Gasteiger partial charge in [0, 0.05) is 24.5 Å². The Labute approximate surface area is 264 Å². The van der Waals surface area contributed by atoms with Gasteiger partial charge < -0.3 is 15.0 Å². The van der Waals surface area contributed by atoms with Crippen LogP contribution in [-0.2, 0) is 32.6 Å². The quantitative estimate of drug-likeness (QED) is 0.182. The van der Waals surface area contributed by atoms with Crippen LogP contribution in [0.2, 0.25) is 5.02 Å². The number of ether oxygens (including phenoxy) is 1. The Hall–Kier alpha value is -4.34. The summed E-state index contributed by atoms with van der Waals surface area (Å²) in [5, 5.41) is 3.41. The molecule has 10 heteroatoms. The number of para-hydroxylation sites is 1. The fourth-order valence-corrected chi connectivity index (χ4v) is 5.73. The zero-order valence-electron chi connectivity index (χ0n) is 24.7. The summed E-state index contributed by atoms with van der Waals surface area (Å²) in [5.74, 6) is 0.294. The van der Waals surface area contributed by atoms with Crippen LogP contribution in [0.1, 0.15) is 24.5 Å². The van der Waals surface area contributed by atoms with Crippen molar-refractivity contribution in [2.45, 2.75) is 32.4 Å². The molecule has 1 N–H and O–H groups in total. The van der Waals surface area contributed by atoms with Gasteiger partial charge in [0.25, 0.3) is 0 Å². The van der Waals surface area contributed by atoms with Crippen molar-refractivity contribution in [1.82, 2.24) is 10.2 Å². The van der Waals surface area contributed by atoms with E-state index >= 15 is 0 Å². The summed E-state index contributed by atoms with van der Waals surface area (Å²) >= 11 is 6.26. The third-order valence-electron chi connectivity index (χ3n) is 6.85. The Kier molecular flexibility index (Phi) is 11.4. The number of amides is 2. The molecular weight excluding hydrogens is 598 g/mol. The summed E-state index contributed by atoms with van der Waals surface area (Å²) in [4.78, 5) is 29.2. The minimum absolute atomic E-state index is 0.0535. The standard InChI is InChI=1S/C34H36ClN3O5S/c1-3-21-36-34(40)32(23-26-11-6-4-7-12-26)37(24-27-13-10-14-28(35)22-27)33(39)25-38(44(2,41)42)29-17-19-31(20-18-29)43-30-15-8-5-9-16-30/h4-20,22,32H,3,21,23-25H2,1-2H3,(H,36,40)/t32-/m1/s1. The minimum Gasteiger partial charge on any atom is -0.457 e. The van der Waals surface area contributed by atoms with Gasteiger partial charge in [-0.05, 0) is 66.1 Å². The first kappa shape index (κ1) is 32.6. The molecule has 2 amide bonds. The molecule has 1 atom stereocenters. The van der Waals surface area contributed by atoms with Crippen LogP contribution >= 0.6 is 11.6 Å². The molecule has 0 saturated heterocycles. The molecule has 44 heavy (non-hydrogen) atoms. The van der Waals surface area contributed by atoms with Crippen LogP contribution < -0.4 is 14.4 Å². The van der Waals surface area contributed by atoms with Crippen LogP contribution in [0, 0.1) is 0 Å². The van der Waals surface area contributed by atoms with Crippen LogP contribution in [0.25, 0.3) is 0 Å². The van der Waals surface area contributed by atoms with Crippen molar-refractivity contribution < 1.29 is 22.7 Å². The highest BCUT2D eigenvalue weighted by Gasteiger charge is 2.33. The van der Waals surface area contributed by atoms with Crippen LogP contribution in [0.5, 0.6) is 11.5 Å². The average molecular weight is 634 g/mol. The summed E-state index contributed by atoms with van der Waals surface area (Å²) < 4.78 is 32.9. The molecule has 8 nitrogen and oxygen atoms in total. The molecule has 4 aromatic rings. The summed E-state index contributed by atoms with van der Waals surface area (Å²) in [6.07, 6.45) is 2.01. The van der Waals surface area contributed by atoms with Crippen molar-refractivity contribution in [2.75, 3.05) is 23.7 Å². The summed E-state index contributed by atoms with van der Waals surface area (Å²) in [6, 6.07) is 31.2. The zero-order chi connectivity index (χ0) is 31.5. The van der Waals surface area contributed by atoms with Gasteiger partial charge in [0.2, 0.25) is 21.8 Å². The monoisotopic (exact) mass is 633 g/mol. The van der Waals surface area contributed by atoms with Crippen molar-refractivity contribution in [3.05, 3.63) is 125 Å². The van der Waals surface area contributed by atoms with E-state index in [-0.39, 0.29) is 18.9 Å². The van der Waals surface area contributed by atoms with Gasteiger partial charge in [-0.25, -0.2) is 8.42 Å². The number of hydrogen-bond acceptors (Lipinski definition) is 5. The number of anilines is 1. The van der Waals surface area contributed by atoms with E-state index in [0.29, 0.717) is 34.3 Å². The van der Waals surface area contributed by atoms with Crippen LogP contribution in [0.15, 0.2) is 109 Å². The van der Waals surface area contributed by atoms with Crippen molar-refractivity contribution in [1.29, 1.82) is 0 Å². The summed E-state index contributed by atoms with van der Waals surface area (Å²) in [5.41, 5.74) is 1.86. The lowest BCUT2D eigenvalue weighted by Crippen LogP contribution is -2.53. The fraction of sp³-hybridized carbons (Fsp3) is 0.235. The molecule has 4 aromatic carbocycles. The second-order valence-corrected chi connectivity index (χ2v) is 12.7. The van der Waals surface area contributed by atoms with Gasteiger partial charge in [-0.1, -0.05) is 79.2 Å². The number of halogens is 1. The number of carbonyl (C=O) groups is 2. The topological polar surface area (TPSA) is 96.0 Å². The maximum absolute atomic E-state index is 14.2. The van der Waals surface area contributed by atoms with Gasteiger partial charge in [-0.15, -0.1) is 0 Å². The van der Waals surface area contributed by atoms with E-state index in [1.807, 2.05) is 73.7 Å². The molecule has 230 valence electrons. The molecule has 0 bridgehead atoms. The van der Waals surface area contributed by atoms with Gasteiger partial charge in [0.1, 0.15) is 24.1 Å². The van der Waals surface area contributed by atoms with Crippen LogP contribution in [0.3, 0.4) is 0 Å². The van der Waals surface area contributed by atoms with Gasteiger partial charge in [0.15, 0.2) is 0 Å². The van der Waals surface area contributed by atoms with E-state index < -0.39 is 28.5 Å². The lowest BCUT2D eigenvalue weighted by molar-refractivity contribution is -0.140. The first-order valence-corrected chi connectivity index (χ1v) is 16.5. The molecule has 0 aliphatic carbocycles. The number of benzene rings is 4. The molecular formula is C34H36ClN3O5S. The third-order valence-corrected chi connectivity index (χ3v) is 8.22. The first-order valence-electron chi connectivity index (χ1n) is 14.3. The lowest BCUT2D eigenvalue weighted by atomic mass is 10.0.